The number of anilines is 1. The van der Waals surface area contributed by atoms with Gasteiger partial charge in [-0.1, -0.05) is 6.07 Å². The summed E-state index contributed by atoms with van der Waals surface area (Å²) in [5.41, 5.74) is 0.556. The minimum absolute atomic E-state index is 0.121. The van der Waals surface area contributed by atoms with Crippen molar-refractivity contribution in [1.82, 2.24) is 0 Å². The predicted molar refractivity (Wildman–Crippen MR) is 103 cm³/mol. The van der Waals surface area contributed by atoms with Crippen molar-refractivity contribution in [1.29, 1.82) is 5.26 Å². The van der Waals surface area contributed by atoms with Crippen LogP contribution in [0.2, 0.25) is 0 Å². The summed E-state index contributed by atoms with van der Waals surface area (Å²) >= 11 is 0. The molecule has 0 saturated heterocycles. The Kier molecular flexibility index (Phi) is 8.45. The Labute approximate surface area is 168 Å². The molecule has 0 unspecified atom stereocenters. The maximum Gasteiger partial charge on any atom is 0.344 e. The Hall–Kier alpha value is -3.60. The average molecular weight is 400 g/mol. The summed E-state index contributed by atoms with van der Waals surface area (Å²) in [5.74, 6) is -0.907. The molecule has 152 valence electrons. The van der Waals surface area contributed by atoms with E-state index < -0.39 is 30.9 Å². The van der Waals surface area contributed by atoms with Crippen molar-refractivity contribution in [2.75, 3.05) is 31.3 Å². The minimum atomic E-state index is -0.769. The van der Waals surface area contributed by atoms with Gasteiger partial charge in [0, 0.05) is 18.3 Å². The Balaban J connectivity index is 1.91. The number of benzene rings is 2. The lowest BCUT2D eigenvalue weighted by Gasteiger charge is -2.22. The van der Waals surface area contributed by atoms with Crippen LogP contribution in [0.1, 0.15) is 13.3 Å². The van der Waals surface area contributed by atoms with E-state index in [0.29, 0.717) is 18.0 Å². The van der Waals surface area contributed by atoms with Crippen molar-refractivity contribution in [2.45, 2.75) is 13.3 Å². The standard InChI is InChI=1S/C21H21FN2O5/c1-2-27-18-9-7-17(8-10-18)24(12-4-11-23)20(25)14-29-21(26)15-28-19-6-3-5-16(22)13-19/h3,5-10,13H,2,4,12,14-15H2,1H3. The van der Waals surface area contributed by atoms with Gasteiger partial charge in [0.1, 0.15) is 17.3 Å². The fourth-order valence-electron chi connectivity index (χ4n) is 2.41. The van der Waals surface area contributed by atoms with Gasteiger partial charge in [-0.2, -0.15) is 5.26 Å². The first kappa shape index (κ1) is 21.7. The van der Waals surface area contributed by atoms with Gasteiger partial charge in [-0.05, 0) is 43.3 Å². The van der Waals surface area contributed by atoms with Gasteiger partial charge in [0.05, 0.1) is 19.1 Å². The third-order valence-corrected chi connectivity index (χ3v) is 3.72. The van der Waals surface area contributed by atoms with Crippen molar-refractivity contribution in [3.05, 3.63) is 54.3 Å². The maximum absolute atomic E-state index is 13.1. The molecule has 8 heteroatoms. The molecule has 0 N–H and O–H groups in total. The molecule has 0 saturated carbocycles. The van der Waals surface area contributed by atoms with Crippen LogP contribution in [0.15, 0.2) is 48.5 Å². The first-order valence-corrected chi connectivity index (χ1v) is 8.97. The van der Waals surface area contributed by atoms with Gasteiger partial charge in [-0.25, -0.2) is 9.18 Å². The molecule has 1 amide bonds. The first-order valence-electron chi connectivity index (χ1n) is 8.97. The highest BCUT2D eigenvalue weighted by molar-refractivity contribution is 5.95. The molecule has 7 nitrogen and oxygen atoms in total. The highest BCUT2D eigenvalue weighted by atomic mass is 19.1. The van der Waals surface area contributed by atoms with E-state index >= 15 is 0 Å². The second-order valence-electron chi connectivity index (χ2n) is 5.79. The first-order chi connectivity index (χ1) is 14.0. The fourth-order valence-corrected chi connectivity index (χ4v) is 2.41. The average Bonchev–Trinajstić information content (AvgIpc) is 2.72. The van der Waals surface area contributed by atoms with Gasteiger partial charge in [0.2, 0.25) is 0 Å². The molecule has 2 aromatic rings. The number of hydrogen-bond acceptors (Lipinski definition) is 6. The summed E-state index contributed by atoms with van der Waals surface area (Å²) in [4.78, 5) is 25.7. The van der Waals surface area contributed by atoms with E-state index in [9.17, 15) is 14.0 Å². The van der Waals surface area contributed by atoms with Crippen LogP contribution in [-0.2, 0) is 14.3 Å². The van der Waals surface area contributed by atoms with Crippen molar-refractivity contribution in [2.24, 2.45) is 0 Å². The van der Waals surface area contributed by atoms with E-state index in [1.807, 2.05) is 13.0 Å². The summed E-state index contributed by atoms with van der Waals surface area (Å²) < 4.78 is 28.5. The molecule has 0 radical (unpaired) electrons. The molecule has 0 atom stereocenters. The number of esters is 1. The van der Waals surface area contributed by atoms with Gasteiger partial charge < -0.3 is 19.1 Å². The van der Waals surface area contributed by atoms with E-state index in [1.165, 1.54) is 23.1 Å². The van der Waals surface area contributed by atoms with Crippen LogP contribution in [0, 0.1) is 17.1 Å². The van der Waals surface area contributed by atoms with Gasteiger partial charge >= 0.3 is 5.97 Å². The lowest BCUT2D eigenvalue weighted by Crippen LogP contribution is -2.36. The Morgan fingerprint density at radius 1 is 1.07 bits per heavy atom. The summed E-state index contributed by atoms with van der Waals surface area (Å²) in [5, 5.41) is 8.84. The van der Waals surface area contributed by atoms with Gasteiger partial charge in [0.15, 0.2) is 13.2 Å². The van der Waals surface area contributed by atoms with Crippen LogP contribution in [0.4, 0.5) is 10.1 Å². The minimum Gasteiger partial charge on any atom is -0.494 e. The number of rotatable bonds is 10. The lowest BCUT2D eigenvalue weighted by atomic mass is 10.2. The quantitative estimate of drug-likeness (QED) is 0.570. The van der Waals surface area contributed by atoms with E-state index in [-0.39, 0.29) is 18.7 Å². The number of ether oxygens (including phenoxy) is 3. The van der Waals surface area contributed by atoms with Crippen LogP contribution in [0.25, 0.3) is 0 Å². The molecule has 0 fully saturated rings. The summed E-state index contributed by atoms with van der Waals surface area (Å²) in [6.07, 6.45) is 0.121. The van der Waals surface area contributed by atoms with E-state index in [0.717, 1.165) is 6.07 Å². The molecule has 0 aliphatic heterocycles. The number of amides is 1. The molecule has 29 heavy (non-hydrogen) atoms. The molecule has 0 aliphatic carbocycles. The molecular weight excluding hydrogens is 379 g/mol. The highest BCUT2D eigenvalue weighted by Gasteiger charge is 2.18. The predicted octanol–water partition coefficient (Wildman–Crippen LogP) is 3.09. The summed E-state index contributed by atoms with van der Waals surface area (Å²) in [6.45, 7) is 1.57. The van der Waals surface area contributed by atoms with E-state index in [4.69, 9.17) is 19.5 Å². The van der Waals surface area contributed by atoms with Gasteiger partial charge in [-0.15, -0.1) is 0 Å². The van der Waals surface area contributed by atoms with Crippen LogP contribution in [-0.4, -0.2) is 38.2 Å². The molecule has 0 bridgehead atoms. The Morgan fingerprint density at radius 3 is 2.48 bits per heavy atom. The molecule has 0 heterocycles. The summed E-state index contributed by atoms with van der Waals surface area (Å²) in [7, 11) is 0. The van der Waals surface area contributed by atoms with Gasteiger partial charge in [-0.3, -0.25) is 4.79 Å². The monoisotopic (exact) mass is 400 g/mol. The van der Waals surface area contributed by atoms with Crippen molar-refractivity contribution in [3.63, 3.8) is 0 Å². The fraction of sp³-hybridized carbons (Fsp3) is 0.286. The molecular formula is C21H21FN2O5. The summed E-state index contributed by atoms with van der Waals surface area (Å²) in [6, 6.07) is 14.1. The number of nitriles is 1. The molecule has 0 spiro atoms. The number of carbonyl (C=O) groups is 2. The third-order valence-electron chi connectivity index (χ3n) is 3.72. The largest absolute Gasteiger partial charge is 0.494 e. The molecule has 0 aliphatic rings. The third kappa shape index (κ3) is 7.14. The van der Waals surface area contributed by atoms with Crippen molar-refractivity contribution in [3.8, 4) is 17.6 Å². The number of nitrogens with zero attached hydrogens (tertiary/aromatic N) is 2. The number of carbonyl (C=O) groups excluding carboxylic acids is 2. The van der Waals surface area contributed by atoms with E-state index in [2.05, 4.69) is 0 Å². The Morgan fingerprint density at radius 2 is 1.83 bits per heavy atom. The molecule has 2 rings (SSSR count). The zero-order valence-corrected chi connectivity index (χ0v) is 16.0. The Bertz CT molecular complexity index is 864. The SMILES string of the molecule is CCOc1ccc(N(CCC#N)C(=O)COC(=O)COc2cccc(F)c2)cc1. The van der Waals surface area contributed by atoms with Crippen molar-refractivity contribution < 1.29 is 28.2 Å². The molecule has 0 aromatic heterocycles. The van der Waals surface area contributed by atoms with Crippen LogP contribution < -0.4 is 14.4 Å². The zero-order chi connectivity index (χ0) is 21.1. The van der Waals surface area contributed by atoms with Crippen LogP contribution >= 0.6 is 0 Å². The normalized spacial score (nSPS) is 9.97. The van der Waals surface area contributed by atoms with Crippen LogP contribution in [0.3, 0.4) is 0 Å². The molecule has 2 aromatic carbocycles. The maximum atomic E-state index is 13.1. The van der Waals surface area contributed by atoms with Crippen molar-refractivity contribution >= 4 is 17.6 Å². The lowest BCUT2D eigenvalue weighted by molar-refractivity contribution is -0.149. The number of halogens is 1. The topological polar surface area (TPSA) is 88.9 Å². The van der Waals surface area contributed by atoms with Crippen LogP contribution in [0.5, 0.6) is 11.5 Å². The second-order valence-corrected chi connectivity index (χ2v) is 5.79. The smallest absolute Gasteiger partial charge is 0.344 e. The highest BCUT2D eigenvalue weighted by Crippen LogP contribution is 2.20. The van der Waals surface area contributed by atoms with E-state index in [1.54, 1.807) is 24.3 Å². The zero-order valence-electron chi connectivity index (χ0n) is 16.0. The number of hydrogen-bond donors (Lipinski definition) is 0. The van der Waals surface area contributed by atoms with Gasteiger partial charge in [0.25, 0.3) is 5.91 Å². The second kappa shape index (κ2) is 11.3.